The first-order chi connectivity index (χ1) is 13.1. The van der Waals surface area contributed by atoms with Gasteiger partial charge in [0.25, 0.3) is 5.91 Å². The predicted molar refractivity (Wildman–Crippen MR) is 104 cm³/mol. The van der Waals surface area contributed by atoms with Gasteiger partial charge in [-0.1, -0.05) is 30.7 Å². The number of hydrogen-bond donors (Lipinski definition) is 0. The molecule has 0 bridgehead atoms. The molecule has 0 unspecified atom stereocenters. The molecule has 1 saturated heterocycles. The largest absolute Gasteiger partial charge is 0.334 e. The molecule has 0 N–H and O–H groups in total. The fraction of sp³-hybridized carbons (Fsp3) is 0.381. The molecule has 2 aromatic carbocycles. The van der Waals surface area contributed by atoms with Crippen LogP contribution in [0.5, 0.6) is 0 Å². The molecule has 4 rings (SSSR count). The molecule has 0 atom stereocenters. The summed E-state index contributed by atoms with van der Waals surface area (Å²) in [6, 6.07) is 14.6. The molecule has 2 aliphatic heterocycles. The van der Waals surface area contributed by atoms with E-state index in [0.29, 0.717) is 36.6 Å². The summed E-state index contributed by atoms with van der Waals surface area (Å²) in [5.41, 5.74) is 2.73. The third-order valence-corrected chi connectivity index (χ3v) is 7.35. The normalized spacial score (nSPS) is 18.1. The molecule has 0 saturated carbocycles. The summed E-state index contributed by atoms with van der Waals surface area (Å²) in [6.07, 6.45) is 3.68. The highest BCUT2D eigenvalue weighted by Gasteiger charge is 2.28. The molecule has 6 heteroatoms. The number of rotatable bonds is 3. The molecular weight excluding hydrogens is 360 g/mol. The number of carbonyl (C=O) groups is 1. The van der Waals surface area contributed by atoms with Crippen LogP contribution in [0.3, 0.4) is 0 Å². The number of benzene rings is 2. The fourth-order valence-corrected chi connectivity index (χ4v) is 5.45. The summed E-state index contributed by atoms with van der Waals surface area (Å²) in [6.45, 7) is 2.29. The molecule has 1 fully saturated rings. The summed E-state index contributed by atoms with van der Waals surface area (Å²) in [5, 5.41) is 0. The summed E-state index contributed by atoms with van der Waals surface area (Å²) in [7, 11) is -3.46. The number of hydrogen-bond acceptors (Lipinski definition) is 3. The van der Waals surface area contributed by atoms with E-state index >= 15 is 0 Å². The molecule has 0 aromatic heterocycles. The van der Waals surface area contributed by atoms with Gasteiger partial charge in [0.2, 0.25) is 10.0 Å². The van der Waals surface area contributed by atoms with E-state index in [1.807, 2.05) is 36.4 Å². The van der Waals surface area contributed by atoms with Crippen molar-refractivity contribution in [2.45, 2.75) is 37.1 Å². The topological polar surface area (TPSA) is 57.7 Å². The molecule has 1 amide bonds. The molecule has 27 heavy (non-hydrogen) atoms. The van der Waals surface area contributed by atoms with Crippen molar-refractivity contribution in [3.63, 3.8) is 0 Å². The minimum Gasteiger partial charge on any atom is -0.334 e. The SMILES string of the molecule is O=C(c1ccccc1)N1CCc2ccc(S(=O)(=O)N3CCCCC3)cc2C1. The van der Waals surface area contributed by atoms with Crippen LogP contribution in [0.15, 0.2) is 53.4 Å². The van der Waals surface area contributed by atoms with Crippen LogP contribution in [0.4, 0.5) is 0 Å². The summed E-state index contributed by atoms with van der Waals surface area (Å²) < 4.78 is 27.5. The maximum absolute atomic E-state index is 13.0. The number of nitrogens with zero attached hydrogens (tertiary/aromatic N) is 2. The second kappa shape index (κ2) is 7.44. The van der Waals surface area contributed by atoms with Gasteiger partial charge in [0.1, 0.15) is 0 Å². The quantitative estimate of drug-likeness (QED) is 0.817. The minimum atomic E-state index is -3.46. The third kappa shape index (κ3) is 3.64. The van der Waals surface area contributed by atoms with Crippen LogP contribution in [0.2, 0.25) is 0 Å². The van der Waals surface area contributed by atoms with Crippen LogP contribution < -0.4 is 0 Å². The Kier molecular flexibility index (Phi) is 5.02. The van der Waals surface area contributed by atoms with Crippen molar-refractivity contribution in [2.75, 3.05) is 19.6 Å². The van der Waals surface area contributed by atoms with Crippen LogP contribution >= 0.6 is 0 Å². The van der Waals surface area contributed by atoms with Crippen LogP contribution in [-0.2, 0) is 23.0 Å². The van der Waals surface area contributed by atoms with E-state index in [-0.39, 0.29) is 5.91 Å². The fourth-order valence-electron chi connectivity index (χ4n) is 3.88. The number of fused-ring (bicyclic) bond motifs is 1. The Morgan fingerprint density at radius 2 is 1.59 bits per heavy atom. The Morgan fingerprint density at radius 3 is 2.33 bits per heavy atom. The van der Waals surface area contributed by atoms with E-state index in [1.165, 1.54) is 0 Å². The van der Waals surface area contributed by atoms with Crippen molar-refractivity contribution in [3.8, 4) is 0 Å². The lowest BCUT2D eigenvalue weighted by Crippen LogP contribution is -2.37. The number of sulfonamides is 1. The molecular formula is C21H24N2O3S. The van der Waals surface area contributed by atoms with Crippen LogP contribution in [-0.4, -0.2) is 43.2 Å². The van der Waals surface area contributed by atoms with Crippen LogP contribution in [0, 0.1) is 0 Å². The van der Waals surface area contributed by atoms with Gasteiger partial charge in [-0.05, 0) is 54.7 Å². The minimum absolute atomic E-state index is 0.00876. The number of piperidine rings is 1. The number of amides is 1. The first-order valence-corrected chi connectivity index (χ1v) is 11.0. The van der Waals surface area contributed by atoms with Gasteiger partial charge in [-0.2, -0.15) is 4.31 Å². The van der Waals surface area contributed by atoms with Crippen molar-refractivity contribution in [1.82, 2.24) is 9.21 Å². The molecule has 2 aliphatic rings. The van der Waals surface area contributed by atoms with Crippen molar-refractivity contribution in [2.24, 2.45) is 0 Å². The lowest BCUT2D eigenvalue weighted by molar-refractivity contribution is 0.0734. The molecule has 0 spiro atoms. The van der Waals surface area contributed by atoms with Crippen molar-refractivity contribution >= 4 is 15.9 Å². The average molecular weight is 385 g/mol. The van der Waals surface area contributed by atoms with Gasteiger partial charge in [0, 0.05) is 31.7 Å². The Labute approximate surface area is 160 Å². The zero-order valence-electron chi connectivity index (χ0n) is 15.3. The van der Waals surface area contributed by atoms with Crippen molar-refractivity contribution in [1.29, 1.82) is 0 Å². The summed E-state index contributed by atoms with van der Waals surface area (Å²) >= 11 is 0. The van der Waals surface area contributed by atoms with E-state index in [0.717, 1.165) is 36.8 Å². The van der Waals surface area contributed by atoms with Crippen molar-refractivity contribution < 1.29 is 13.2 Å². The van der Waals surface area contributed by atoms with E-state index in [1.54, 1.807) is 21.3 Å². The second-order valence-corrected chi connectivity index (χ2v) is 9.18. The molecule has 2 aromatic rings. The van der Waals surface area contributed by atoms with Crippen molar-refractivity contribution in [3.05, 3.63) is 65.2 Å². The van der Waals surface area contributed by atoms with Gasteiger partial charge < -0.3 is 4.90 Å². The zero-order chi connectivity index (χ0) is 18.9. The van der Waals surface area contributed by atoms with Gasteiger partial charge in [-0.25, -0.2) is 8.42 Å². The van der Waals surface area contributed by atoms with Gasteiger partial charge in [-0.15, -0.1) is 0 Å². The Morgan fingerprint density at radius 1 is 0.852 bits per heavy atom. The summed E-state index contributed by atoms with van der Waals surface area (Å²) in [5.74, 6) is -0.00876. The average Bonchev–Trinajstić information content (AvgIpc) is 2.73. The highest BCUT2D eigenvalue weighted by molar-refractivity contribution is 7.89. The van der Waals surface area contributed by atoms with Crippen LogP contribution in [0.1, 0.15) is 40.7 Å². The Balaban J connectivity index is 1.58. The van der Waals surface area contributed by atoms with Gasteiger partial charge >= 0.3 is 0 Å². The molecule has 142 valence electrons. The molecule has 0 aliphatic carbocycles. The summed E-state index contributed by atoms with van der Waals surface area (Å²) in [4.78, 5) is 14.9. The monoisotopic (exact) mass is 384 g/mol. The third-order valence-electron chi connectivity index (χ3n) is 5.45. The van der Waals surface area contributed by atoms with Gasteiger partial charge in [0.15, 0.2) is 0 Å². The van der Waals surface area contributed by atoms with E-state index in [4.69, 9.17) is 0 Å². The van der Waals surface area contributed by atoms with Gasteiger partial charge in [0.05, 0.1) is 4.90 Å². The Hall–Kier alpha value is -2.18. The first kappa shape index (κ1) is 18.2. The smallest absolute Gasteiger partial charge is 0.254 e. The predicted octanol–water partition coefficient (Wildman–Crippen LogP) is 3.06. The maximum atomic E-state index is 13.0. The number of carbonyl (C=O) groups excluding carboxylic acids is 1. The van der Waals surface area contributed by atoms with Crippen LogP contribution in [0.25, 0.3) is 0 Å². The molecule has 5 nitrogen and oxygen atoms in total. The van der Waals surface area contributed by atoms with E-state index in [9.17, 15) is 13.2 Å². The lowest BCUT2D eigenvalue weighted by Gasteiger charge is -2.30. The van der Waals surface area contributed by atoms with E-state index < -0.39 is 10.0 Å². The Bertz CT molecular complexity index is 935. The zero-order valence-corrected chi connectivity index (χ0v) is 16.1. The lowest BCUT2D eigenvalue weighted by atomic mass is 9.99. The first-order valence-electron chi connectivity index (χ1n) is 9.52. The highest BCUT2D eigenvalue weighted by atomic mass is 32.2. The molecule has 0 radical (unpaired) electrons. The second-order valence-electron chi connectivity index (χ2n) is 7.24. The highest BCUT2D eigenvalue weighted by Crippen LogP contribution is 2.26. The standard InChI is InChI=1S/C21H24N2O3S/c24-21(18-7-3-1-4-8-18)22-14-11-17-9-10-20(15-19(17)16-22)27(25,26)23-12-5-2-6-13-23/h1,3-4,7-10,15H,2,5-6,11-14,16H2. The van der Waals surface area contributed by atoms with Gasteiger partial charge in [-0.3, -0.25) is 4.79 Å². The maximum Gasteiger partial charge on any atom is 0.254 e. The van der Waals surface area contributed by atoms with E-state index in [2.05, 4.69) is 0 Å². The molecule has 2 heterocycles.